The predicted octanol–water partition coefficient (Wildman–Crippen LogP) is 0.666. The smallest absolute Gasteiger partial charge is 0.151 e. The average Bonchev–Trinajstić information content (AvgIpc) is 2.75. The Hall–Kier alpha value is -0.870. The lowest BCUT2D eigenvalue weighted by molar-refractivity contribution is 0.311. The third-order valence-corrected chi connectivity index (χ3v) is 3.48. The van der Waals surface area contributed by atoms with Gasteiger partial charge in [-0.05, 0) is 24.5 Å². The highest BCUT2D eigenvalue weighted by Gasteiger charge is 2.50. The van der Waals surface area contributed by atoms with Gasteiger partial charge in [0, 0.05) is 18.6 Å². The first kappa shape index (κ1) is 8.44. The van der Waals surface area contributed by atoms with E-state index in [0.717, 1.165) is 12.4 Å². The van der Waals surface area contributed by atoms with Crippen molar-refractivity contribution in [2.75, 3.05) is 11.4 Å². The zero-order chi connectivity index (χ0) is 9.71. The van der Waals surface area contributed by atoms with Crippen molar-refractivity contribution in [2.24, 2.45) is 11.7 Å². The average molecular weight is 211 g/mol. The van der Waals surface area contributed by atoms with E-state index < -0.39 is 0 Å². The second-order valence-corrected chi connectivity index (χ2v) is 4.39. The van der Waals surface area contributed by atoms with E-state index in [1.54, 1.807) is 6.07 Å². The Morgan fingerprint density at radius 2 is 2.29 bits per heavy atom. The summed E-state index contributed by atoms with van der Waals surface area (Å²) in [6.07, 6.45) is 1.20. The summed E-state index contributed by atoms with van der Waals surface area (Å²) in [5, 5.41) is 8.33. The second kappa shape index (κ2) is 2.81. The Morgan fingerprint density at radius 3 is 2.79 bits per heavy atom. The number of rotatable bonds is 1. The maximum atomic E-state index is 5.97. The number of anilines is 1. The van der Waals surface area contributed by atoms with Gasteiger partial charge in [-0.25, -0.2) is 0 Å². The fourth-order valence-electron chi connectivity index (χ4n) is 2.39. The van der Waals surface area contributed by atoms with E-state index >= 15 is 0 Å². The molecule has 1 aromatic rings. The van der Waals surface area contributed by atoms with Crippen LogP contribution in [-0.4, -0.2) is 28.8 Å². The van der Waals surface area contributed by atoms with Crippen molar-refractivity contribution in [3.8, 4) is 0 Å². The summed E-state index contributed by atoms with van der Waals surface area (Å²) in [6.45, 7) is 1.02. The number of halogens is 1. The molecule has 14 heavy (non-hydrogen) atoms. The predicted molar refractivity (Wildman–Crippen MR) is 54.3 cm³/mol. The van der Waals surface area contributed by atoms with E-state index in [2.05, 4.69) is 15.1 Å². The summed E-state index contributed by atoms with van der Waals surface area (Å²) in [5.41, 5.74) is 5.97. The summed E-state index contributed by atoms with van der Waals surface area (Å²) in [6, 6.07) is 4.47. The molecule has 3 aliphatic rings. The summed E-state index contributed by atoms with van der Waals surface area (Å²) in [7, 11) is 0. The molecule has 0 radical (unpaired) electrons. The van der Waals surface area contributed by atoms with E-state index in [1.165, 1.54) is 6.42 Å². The lowest BCUT2D eigenvalue weighted by atomic mass is 9.81. The number of hydrogen-bond acceptors (Lipinski definition) is 4. The van der Waals surface area contributed by atoms with Gasteiger partial charge in [-0.1, -0.05) is 11.6 Å². The Morgan fingerprint density at radius 1 is 1.43 bits per heavy atom. The Kier molecular flexibility index (Phi) is 1.69. The normalized spacial score (nSPS) is 34.4. The molecule has 0 amide bonds. The van der Waals surface area contributed by atoms with E-state index in [0.29, 0.717) is 23.2 Å². The number of hydrogen-bond donors (Lipinski definition) is 1. The van der Waals surface area contributed by atoms with Crippen molar-refractivity contribution in [2.45, 2.75) is 18.5 Å². The molecule has 1 saturated carbocycles. The van der Waals surface area contributed by atoms with Crippen LogP contribution < -0.4 is 10.6 Å². The molecular formula is C9H11ClN4. The SMILES string of the molecule is NC1C2CC1N(c1ccc(Cl)nn1)C2. The Labute approximate surface area is 87.1 Å². The minimum Gasteiger partial charge on any atom is -0.350 e. The molecule has 2 N–H and O–H groups in total. The second-order valence-electron chi connectivity index (χ2n) is 4.01. The van der Waals surface area contributed by atoms with E-state index in [1.807, 2.05) is 6.07 Å². The fourth-order valence-corrected chi connectivity index (χ4v) is 2.49. The molecule has 2 bridgehead atoms. The van der Waals surface area contributed by atoms with E-state index in [-0.39, 0.29) is 0 Å². The summed E-state index contributed by atoms with van der Waals surface area (Å²) in [4.78, 5) is 2.23. The summed E-state index contributed by atoms with van der Waals surface area (Å²) in [5.74, 6) is 1.55. The van der Waals surface area contributed by atoms with Gasteiger partial charge in [0.15, 0.2) is 11.0 Å². The maximum absolute atomic E-state index is 5.97. The molecule has 0 aromatic carbocycles. The highest BCUT2D eigenvalue weighted by Crippen LogP contribution is 2.41. The molecule has 2 aliphatic heterocycles. The molecule has 3 unspecified atom stereocenters. The minimum atomic E-state index is 0.326. The van der Waals surface area contributed by atoms with Crippen LogP contribution in [0.1, 0.15) is 6.42 Å². The highest BCUT2D eigenvalue weighted by molar-refractivity contribution is 6.29. The molecule has 2 saturated heterocycles. The van der Waals surface area contributed by atoms with Gasteiger partial charge in [-0.3, -0.25) is 0 Å². The number of nitrogens with two attached hydrogens (primary N) is 1. The molecule has 3 heterocycles. The van der Waals surface area contributed by atoms with E-state index in [4.69, 9.17) is 17.3 Å². The molecule has 3 atom stereocenters. The van der Waals surface area contributed by atoms with Gasteiger partial charge < -0.3 is 10.6 Å². The topological polar surface area (TPSA) is 55.0 Å². The van der Waals surface area contributed by atoms with Gasteiger partial charge in [-0.2, -0.15) is 0 Å². The van der Waals surface area contributed by atoms with Crippen molar-refractivity contribution in [3.63, 3.8) is 0 Å². The zero-order valence-electron chi connectivity index (χ0n) is 7.60. The third kappa shape index (κ3) is 1.04. The summed E-state index contributed by atoms with van der Waals surface area (Å²) >= 11 is 5.68. The van der Waals surface area contributed by atoms with Crippen LogP contribution >= 0.6 is 11.6 Å². The van der Waals surface area contributed by atoms with Crippen LogP contribution in [0.15, 0.2) is 12.1 Å². The summed E-state index contributed by atoms with van der Waals surface area (Å²) < 4.78 is 0. The standard InChI is InChI=1S/C9H11ClN4/c10-7-1-2-8(13-12-7)14-4-5-3-6(14)9(5)11/h1-2,5-6,9H,3-4,11H2. The van der Waals surface area contributed by atoms with Crippen molar-refractivity contribution in [1.29, 1.82) is 0 Å². The quantitative estimate of drug-likeness (QED) is 0.740. The van der Waals surface area contributed by atoms with E-state index in [9.17, 15) is 0 Å². The first-order valence-electron chi connectivity index (χ1n) is 4.77. The zero-order valence-corrected chi connectivity index (χ0v) is 8.35. The largest absolute Gasteiger partial charge is 0.350 e. The van der Waals surface area contributed by atoms with Crippen LogP contribution in [0, 0.1) is 5.92 Å². The fraction of sp³-hybridized carbons (Fsp3) is 0.556. The van der Waals surface area contributed by atoms with Gasteiger partial charge >= 0.3 is 0 Å². The molecular weight excluding hydrogens is 200 g/mol. The maximum Gasteiger partial charge on any atom is 0.151 e. The van der Waals surface area contributed by atoms with Crippen molar-refractivity contribution in [3.05, 3.63) is 17.3 Å². The lowest BCUT2D eigenvalue weighted by Crippen LogP contribution is -2.49. The molecule has 74 valence electrons. The number of aromatic nitrogens is 2. The monoisotopic (exact) mass is 210 g/mol. The van der Waals surface area contributed by atoms with Crippen LogP contribution in [0.4, 0.5) is 5.82 Å². The van der Waals surface area contributed by atoms with Gasteiger partial charge in [0.25, 0.3) is 0 Å². The van der Waals surface area contributed by atoms with Crippen LogP contribution in [0.5, 0.6) is 0 Å². The van der Waals surface area contributed by atoms with Gasteiger partial charge in [0.05, 0.1) is 0 Å². The molecule has 3 fully saturated rings. The first-order valence-corrected chi connectivity index (χ1v) is 5.15. The van der Waals surface area contributed by atoms with Crippen LogP contribution in [0.3, 0.4) is 0 Å². The van der Waals surface area contributed by atoms with Gasteiger partial charge in [-0.15, -0.1) is 10.2 Å². The van der Waals surface area contributed by atoms with Crippen molar-refractivity contribution < 1.29 is 0 Å². The van der Waals surface area contributed by atoms with Crippen molar-refractivity contribution in [1.82, 2.24) is 10.2 Å². The molecule has 4 rings (SSSR count). The molecule has 0 spiro atoms. The van der Waals surface area contributed by atoms with Gasteiger partial charge in [0.2, 0.25) is 0 Å². The molecule has 4 nitrogen and oxygen atoms in total. The third-order valence-electron chi connectivity index (χ3n) is 3.28. The highest BCUT2D eigenvalue weighted by atomic mass is 35.5. The number of fused-ring (bicyclic) bond motifs is 1. The first-order chi connectivity index (χ1) is 6.75. The lowest BCUT2D eigenvalue weighted by Gasteiger charge is -2.33. The minimum absolute atomic E-state index is 0.326. The van der Waals surface area contributed by atoms with Crippen LogP contribution in [0.2, 0.25) is 5.15 Å². The van der Waals surface area contributed by atoms with Gasteiger partial charge in [0.1, 0.15) is 0 Å². The van der Waals surface area contributed by atoms with Crippen molar-refractivity contribution >= 4 is 17.4 Å². The molecule has 1 aliphatic carbocycles. The molecule has 5 heteroatoms. The molecule has 1 aromatic heterocycles. The Bertz CT molecular complexity index is 352. The Balaban J connectivity index is 1.87. The van der Waals surface area contributed by atoms with Crippen LogP contribution in [0.25, 0.3) is 0 Å². The van der Waals surface area contributed by atoms with Crippen LogP contribution in [-0.2, 0) is 0 Å². The number of nitrogens with zero attached hydrogens (tertiary/aromatic N) is 3.